The van der Waals surface area contributed by atoms with Gasteiger partial charge in [-0.3, -0.25) is 0 Å². The molecule has 3 rings (SSSR count). The van der Waals surface area contributed by atoms with Crippen molar-refractivity contribution in [2.45, 2.75) is 109 Å². The van der Waals surface area contributed by atoms with E-state index in [1.807, 2.05) is 12.1 Å². The number of esters is 1. The smallest absolute Gasteiger partial charge is 0.346 e. The molecule has 0 N–H and O–H groups in total. The summed E-state index contributed by atoms with van der Waals surface area (Å²) < 4.78 is 39.9. The molecule has 0 radical (unpaired) electrons. The highest BCUT2D eigenvalue weighted by atomic mass is 19.2. The Kier molecular flexibility index (Phi) is 12.2. The predicted octanol–water partition coefficient (Wildman–Crippen LogP) is 9.53. The van der Waals surface area contributed by atoms with Crippen LogP contribution in [-0.4, -0.2) is 12.6 Å². The minimum Gasteiger partial charge on any atom is -0.490 e. The van der Waals surface area contributed by atoms with Crippen molar-refractivity contribution in [3.63, 3.8) is 0 Å². The number of benzene rings is 2. The molecule has 3 nitrogen and oxygen atoms in total. The van der Waals surface area contributed by atoms with E-state index in [9.17, 15) is 13.6 Å². The summed E-state index contributed by atoms with van der Waals surface area (Å²) in [5, 5.41) is 0. The van der Waals surface area contributed by atoms with E-state index in [2.05, 4.69) is 6.92 Å². The molecule has 0 amide bonds. The van der Waals surface area contributed by atoms with Crippen molar-refractivity contribution in [2.24, 2.45) is 0 Å². The number of rotatable bonds is 15. The van der Waals surface area contributed by atoms with E-state index in [-0.39, 0.29) is 5.75 Å². The van der Waals surface area contributed by atoms with Crippen LogP contribution in [0.1, 0.15) is 125 Å². The van der Waals surface area contributed by atoms with Crippen LogP contribution >= 0.6 is 0 Å². The van der Waals surface area contributed by atoms with E-state index in [4.69, 9.17) is 9.47 Å². The SMILES string of the molecule is CCCCCCCCCCCCOc1ccc(C(=O)Oc2ccc(C3CCCCC3)cc2)c(F)c1F. The highest BCUT2D eigenvalue weighted by Gasteiger charge is 2.22. The summed E-state index contributed by atoms with van der Waals surface area (Å²) in [6, 6.07) is 9.89. The van der Waals surface area contributed by atoms with Gasteiger partial charge in [-0.05, 0) is 55.0 Å². The number of hydrogen-bond donors (Lipinski definition) is 0. The van der Waals surface area contributed by atoms with Gasteiger partial charge in [0.2, 0.25) is 5.82 Å². The van der Waals surface area contributed by atoms with Crippen LogP contribution in [0.15, 0.2) is 36.4 Å². The number of carbonyl (C=O) groups is 1. The summed E-state index contributed by atoms with van der Waals surface area (Å²) in [6.45, 7) is 2.55. The first-order valence-electron chi connectivity index (χ1n) is 14.0. The van der Waals surface area contributed by atoms with Crippen LogP contribution in [0.3, 0.4) is 0 Å². The van der Waals surface area contributed by atoms with Crippen LogP contribution in [0, 0.1) is 11.6 Å². The third-order valence-corrected chi connectivity index (χ3v) is 7.19. The Hall–Kier alpha value is -2.43. The van der Waals surface area contributed by atoms with Gasteiger partial charge in [0.05, 0.1) is 12.2 Å². The molecule has 0 atom stereocenters. The largest absolute Gasteiger partial charge is 0.490 e. The summed E-state index contributed by atoms with van der Waals surface area (Å²) in [7, 11) is 0. The fraction of sp³-hybridized carbons (Fsp3) is 0.581. The van der Waals surface area contributed by atoms with Gasteiger partial charge in [-0.1, -0.05) is 96.1 Å². The van der Waals surface area contributed by atoms with Crippen LogP contribution in [0.4, 0.5) is 8.78 Å². The molecule has 1 saturated carbocycles. The Morgan fingerprint density at radius 2 is 1.39 bits per heavy atom. The summed E-state index contributed by atoms with van der Waals surface area (Å²) in [4.78, 5) is 12.5. The number of unbranched alkanes of at least 4 members (excludes halogenated alkanes) is 9. The second-order valence-electron chi connectivity index (χ2n) is 10.1. The Labute approximate surface area is 215 Å². The second-order valence-corrected chi connectivity index (χ2v) is 10.1. The zero-order valence-corrected chi connectivity index (χ0v) is 21.8. The zero-order valence-electron chi connectivity index (χ0n) is 21.8. The highest BCUT2D eigenvalue weighted by Crippen LogP contribution is 2.33. The summed E-state index contributed by atoms with van der Waals surface area (Å²) in [5.74, 6) is -2.61. The summed E-state index contributed by atoms with van der Waals surface area (Å²) >= 11 is 0. The molecule has 0 aromatic heterocycles. The fourth-order valence-corrected chi connectivity index (χ4v) is 4.98. The quantitative estimate of drug-likeness (QED) is 0.139. The molecule has 0 heterocycles. The maximum Gasteiger partial charge on any atom is 0.346 e. The third kappa shape index (κ3) is 8.90. The third-order valence-electron chi connectivity index (χ3n) is 7.19. The van der Waals surface area contributed by atoms with Gasteiger partial charge in [0.1, 0.15) is 5.75 Å². The molecule has 0 unspecified atom stereocenters. The molecule has 198 valence electrons. The molecule has 5 heteroatoms. The van der Waals surface area contributed by atoms with Crippen LogP contribution in [0.2, 0.25) is 0 Å². The molecular weight excluding hydrogens is 458 g/mol. The first-order valence-corrected chi connectivity index (χ1v) is 14.0. The second kappa shape index (κ2) is 15.6. The van der Waals surface area contributed by atoms with Crippen LogP contribution in [0.25, 0.3) is 0 Å². The molecule has 1 aliphatic rings. The van der Waals surface area contributed by atoms with Gasteiger partial charge in [0, 0.05) is 0 Å². The summed E-state index contributed by atoms with van der Waals surface area (Å²) in [6.07, 6.45) is 18.0. The van der Waals surface area contributed by atoms with Crippen molar-refractivity contribution in [3.05, 3.63) is 59.2 Å². The van der Waals surface area contributed by atoms with Crippen molar-refractivity contribution in [1.29, 1.82) is 0 Å². The van der Waals surface area contributed by atoms with Crippen LogP contribution < -0.4 is 9.47 Å². The molecular formula is C31H42F2O3. The predicted molar refractivity (Wildman–Crippen MR) is 141 cm³/mol. The monoisotopic (exact) mass is 500 g/mol. The van der Waals surface area contributed by atoms with Gasteiger partial charge >= 0.3 is 5.97 Å². The van der Waals surface area contributed by atoms with E-state index in [1.54, 1.807) is 12.1 Å². The average molecular weight is 501 g/mol. The van der Waals surface area contributed by atoms with Crippen LogP contribution in [0.5, 0.6) is 11.5 Å². The maximum absolute atomic E-state index is 14.6. The van der Waals surface area contributed by atoms with E-state index in [1.165, 1.54) is 94.7 Å². The lowest BCUT2D eigenvalue weighted by atomic mass is 9.84. The van der Waals surface area contributed by atoms with Gasteiger partial charge in [0.15, 0.2) is 11.6 Å². The zero-order chi connectivity index (χ0) is 25.6. The minimum atomic E-state index is -1.24. The normalized spacial score (nSPS) is 14.1. The van der Waals surface area contributed by atoms with Gasteiger partial charge < -0.3 is 9.47 Å². The molecule has 0 bridgehead atoms. The maximum atomic E-state index is 14.6. The number of halogens is 2. The molecule has 2 aromatic rings. The minimum absolute atomic E-state index is 0.170. The Morgan fingerprint density at radius 1 is 0.778 bits per heavy atom. The summed E-state index contributed by atoms with van der Waals surface area (Å²) in [5.41, 5.74) is 0.797. The number of hydrogen-bond acceptors (Lipinski definition) is 3. The van der Waals surface area contributed by atoms with Crippen molar-refractivity contribution in [2.75, 3.05) is 6.61 Å². The van der Waals surface area contributed by atoms with Crippen molar-refractivity contribution < 1.29 is 23.0 Å². The average Bonchev–Trinajstić information content (AvgIpc) is 2.90. The van der Waals surface area contributed by atoms with E-state index in [0.29, 0.717) is 18.3 Å². The number of ether oxygens (including phenoxy) is 2. The Morgan fingerprint density at radius 3 is 2.03 bits per heavy atom. The Balaban J connectivity index is 1.40. The van der Waals surface area contributed by atoms with Gasteiger partial charge in [0.25, 0.3) is 0 Å². The lowest BCUT2D eigenvalue weighted by Crippen LogP contribution is -2.13. The van der Waals surface area contributed by atoms with Crippen LogP contribution in [-0.2, 0) is 0 Å². The lowest BCUT2D eigenvalue weighted by Gasteiger charge is -2.22. The van der Waals surface area contributed by atoms with Crippen molar-refractivity contribution in [3.8, 4) is 11.5 Å². The van der Waals surface area contributed by atoms with Crippen molar-refractivity contribution >= 4 is 5.97 Å². The molecule has 1 fully saturated rings. The molecule has 0 aliphatic heterocycles. The number of carbonyl (C=O) groups excluding carboxylic acids is 1. The molecule has 0 spiro atoms. The molecule has 0 saturated heterocycles. The fourth-order valence-electron chi connectivity index (χ4n) is 4.98. The first kappa shape index (κ1) is 28.1. The van der Waals surface area contributed by atoms with Gasteiger partial charge in [-0.2, -0.15) is 4.39 Å². The topological polar surface area (TPSA) is 35.5 Å². The van der Waals surface area contributed by atoms with E-state index < -0.39 is 23.2 Å². The Bertz CT molecular complexity index is 920. The lowest BCUT2D eigenvalue weighted by molar-refractivity contribution is 0.0728. The molecule has 2 aromatic carbocycles. The van der Waals surface area contributed by atoms with Crippen molar-refractivity contribution in [1.82, 2.24) is 0 Å². The molecule has 1 aliphatic carbocycles. The van der Waals surface area contributed by atoms with Gasteiger partial charge in [-0.15, -0.1) is 0 Å². The van der Waals surface area contributed by atoms with E-state index >= 15 is 0 Å². The molecule has 36 heavy (non-hydrogen) atoms. The van der Waals surface area contributed by atoms with E-state index in [0.717, 1.165) is 19.3 Å². The first-order chi connectivity index (χ1) is 17.6. The standard InChI is InChI=1S/C31H42F2O3/c1-2-3-4-5-6-7-8-9-10-14-23-35-28-22-21-27(29(32)30(28)33)31(34)36-26-19-17-25(18-20-26)24-15-12-11-13-16-24/h17-22,24H,2-16,23H2,1H3. The highest BCUT2D eigenvalue weighted by molar-refractivity contribution is 5.91. The van der Waals surface area contributed by atoms with Gasteiger partial charge in [-0.25, -0.2) is 9.18 Å².